The third kappa shape index (κ3) is 2.26. The van der Waals surface area contributed by atoms with Crippen LogP contribution in [0.3, 0.4) is 0 Å². The Morgan fingerprint density at radius 2 is 2.06 bits per heavy atom. The van der Waals surface area contributed by atoms with Gasteiger partial charge in [0.05, 0.1) is 5.02 Å². The van der Waals surface area contributed by atoms with Gasteiger partial charge in [0.1, 0.15) is 11.5 Å². The van der Waals surface area contributed by atoms with Gasteiger partial charge in [0, 0.05) is 17.0 Å². The van der Waals surface area contributed by atoms with Gasteiger partial charge in [0.15, 0.2) is 5.82 Å². The normalized spacial score (nSPS) is 10.8. The van der Waals surface area contributed by atoms with E-state index in [2.05, 4.69) is 11.9 Å². The fourth-order valence-corrected chi connectivity index (χ4v) is 2.27. The number of aryl methyl sites for hydroxylation is 1. The van der Waals surface area contributed by atoms with Crippen LogP contribution < -0.4 is 11.6 Å². The van der Waals surface area contributed by atoms with Gasteiger partial charge in [-0.15, -0.1) is 0 Å². The predicted molar refractivity (Wildman–Crippen MR) is 76.2 cm³/mol. The molecule has 0 fully saturated rings. The van der Waals surface area contributed by atoms with Gasteiger partial charge in [-0.3, -0.25) is 0 Å². The lowest BCUT2D eigenvalue weighted by molar-refractivity contribution is 0.794. The molecule has 0 saturated carbocycles. The first kappa shape index (κ1) is 13.1. The molecule has 1 aromatic carbocycles. The summed E-state index contributed by atoms with van der Waals surface area (Å²) in [6.45, 7) is 2.06. The third-order valence-corrected chi connectivity index (χ3v) is 3.23. The minimum absolute atomic E-state index is 0.405. The van der Waals surface area contributed by atoms with Crippen molar-refractivity contribution >= 4 is 29.0 Å². The molecule has 18 heavy (non-hydrogen) atoms. The molecule has 0 bridgehead atoms. The Hall–Kier alpha value is -1.39. The van der Waals surface area contributed by atoms with Crippen molar-refractivity contribution in [1.29, 1.82) is 0 Å². The number of rotatable bonds is 3. The first-order chi connectivity index (χ1) is 8.54. The molecule has 0 spiro atoms. The molecule has 2 rings (SSSR count). The maximum atomic E-state index is 6.14. The molecule has 96 valence electrons. The monoisotopic (exact) mass is 284 g/mol. The number of imidazole rings is 1. The quantitative estimate of drug-likeness (QED) is 0.851. The second-order valence-corrected chi connectivity index (χ2v) is 4.85. The molecule has 0 aliphatic rings. The van der Waals surface area contributed by atoms with Crippen LogP contribution in [-0.4, -0.2) is 9.66 Å². The number of halogens is 2. The summed E-state index contributed by atoms with van der Waals surface area (Å²) < 4.78 is 1.41. The van der Waals surface area contributed by atoms with Crippen molar-refractivity contribution in [1.82, 2.24) is 9.66 Å². The van der Waals surface area contributed by atoms with Gasteiger partial charge < -0.3 is 11.6 Å². The maximum absolute atomic E-state index is 6.14. The Bertz CT molecular complexity index is 578. The summed E-state index contributed by atoms with van der Waals surface area (Å²) in [6.07, 6.45) is 1.72. The van der Waals surface area contributed by atoms with Crippen molar-refractivity contribution in [2.75, 3.05) is 11.6 Å². The Morgan fingerprint density at radius 3 is 2.67 bits per heavy atom. The van der Waals surface area contributed by atoms with Crippen LogP contribution in [0.25, 0.3) is 11.3 Å². The molecule has 1 aromatic heterocycles. The largest absolute Gasteiger partial charge is 0.382 e. The van der Waals surface area contributed by atoms with E-state index < -0.39 is 0 Å². The molecule has 6 heteroatoms. The molecular formula is C12H14Cl2N4. The summed E-state index contributed by atoms with van der Waals surface area (Å²) in [5.74, 6) is 7.02. The molecule has 2 aromatic rings. The van der Waals surface area contributed by atoms with E-state index in [0.29, 0.717) is 21.6 Å². The minimum Gasteiger partial charge on any atom is -0.382 e. The molecule has 0 aliphatic heterocycles. The van der Waals surface area contributed by atoms with Gasteiger partial charge in [0.2, 0.25) is 0 Å². The van der Waals surface area contributed by atoms with Crippen LogP contribution in [0.4, 0.5) is 5.82 Å². The highest BCUT2D eigenvalue weighted by Gasteiger charge is 2.16. The lowest BCUT2D eigenvalue weighted by Crippen LogP contribution is -2.15. The highest BCUT2D eigenvalue weighted by molar-refractivity contribution is 6.36. The molecule has 0 unspecified atom stereocenters. The van der Waals surface area contributed by atoms with E-state index in [1.807, 2.05) is 0 Å². The zero-order valence-corrected chi connectivity index (χ0v) is 11.5. The van der Waals surface area contributed by atoms with E-state index in [9.17, 15) is 0 Å². The number of aromatic nitrogens is 2. The smallest absolute Gasteiger partial charge is 0.150 e. The van der Waals surface area contributed by atoms with Gasteiger partial charge in [-0.05, 0) is 24.6 Å². The molecule has 4 N–H and O–H groups in total. The van der Waals surface area contributed by atoms with Gasteiger partial charge in [-0.1, -0.05) is 30.1 Å². The van der Waals surface area contributed by atoms with E-state index >= 15 is 0 Å². The predicted octanol–water partition coefficient (Wildman–Crippen LogP) is 3.11. The zero-order valence-electron chi connectivity index (χ0n) is 9.95. The van der Waals surface area contributed by atoms with Gasteiger partial charge >= 0.3 is 0 Å². The van der Waals surface area contributed by atoms with Crippen molar-refractivity contribution in [3.63, 3.8) is 0 Å². The highest BCUT2D eigenvalue weighted by atomic mass is 35.5. The number of hydrogen-bond acceptors (Lipinski definition) is 3. The van der Waals surface area contributed by atoms with Crippen molar-refractivity contribution in [2.24, 2.45) is 0 Å². The van der Waals surface area contributed by atoms with E-state index in [0.717, 1.165) is 24.2 Å². The highest BCUT2D eigenvalue weighted by Crippen LogP contribution is 2.33. The van der Waals surface area contributed by atoms with Crippen LogP contribution in [0.15, 0.2) is 18.2 Å². The summed E-state index contributed by atoms with van der Waals surface area (Å²) in [5, 5.41) is 1.08. The van der Waals surface area contributed by atoms with Gasteiger partial charge in [0.25, 0.3) is 0 Å². The molecule has 4 nitrogen and oxygen atoms in total. The summed E-state index contributed by atoms with van der Waals surface area (Å²) in [6, 6.07) is 5.20. The van der Waals surface area contributed by atoms with E-state index in [-0.39, 0.29) is 0 Å². The number of hydrogen-bond donors (Lipinski definition) is 2. The number of nitrogens with zero attached hydrogens (tertiary/aromatic N) is 2. The average Bonchev–Trinajstić information content (AvgIpc) is 2.58. The van der Waals surface area contributed by atoms with Crippen LogP contribution in [0.2, 0.25) is 10.0 Å². The fraction of sp³-hybridized carbons (Fsp3) is 0.250. The van der Waals surface area contributed by atoms with Crippen LogP contribution in [0.1, 0.15) is 19.2 Å². The van der Waals surface area contributed by atoms with Crippen molar-refractivity contribution in [3.8, 4) is 11.3 Å². The molecular weight excluding hydrogens is 271 g/mol. The van der Waals surface area contributed by atoms with Crippen LogP contribution in [0.5, 0.6) is 0 Å². The number of nitrogens with two attached hydrogens (primary N) is 2. The van der Waals surface area contributed by atoms with Crippen LogP contribution in [-0.2, 0) is 6.42 Å². The molecule has 1 heterocycles. The Labute approximate surface area is 115 Å². The summed E-state index contributed by atoms with van der Waals surface area (Å²) in [5.41, 5.74) is 7.29. The number of benzene rings is 1. The summed E-state index contributed by atoms with van der Waals surface area (Å²) >= 11 is 12.0. The first-order valence-corrected chi connectivity index (χ1v) is 6.37. The van der Waals surface area contributed by atoms with Crippen molar-refractivity contribution in [2.45, 2.75) is 19.8 Å². The standard InChI is InChI=1S/C12H14Cl2N4/c1-2-3-10-17-11(12(15)18(10)16)8-5-4-7(13)6-9(8)14/h4-6H,2-3,15-16H2,1H3. The Morgan fingerprint density at radius 1 is 1.33 bits per heavy atom. The third-order valence-electron chi connectivity index (χ3n) is 2.68. The van der Waals surface area contributed by atoms with Crippen LogP contribution in [0, 0.1) is 0 Å². The van der Waals surface area contributed by atoms with Gasteiger partial charge in [-0.2, -0.15) is 0 Å². The lowest BCUT2D eigenvalue weighted by atomic mass is 10.1. The van der Waals surface area contributed by atoms with E-state index in [1.165, 1.54) is 4.68 Å². The number of nitrogen functional groups attached to an aromatic ring is 2. The van der Waals surface area contributed by atoms with E-state index in [4.69, 9.17) is 34.8 Å². The Kier molecular flexibility index (Phi) is 3.68. The lowest BCUT2D eigenvalue weighted by Gasteiger charge is -2.03. The summed E-state index contributed by atoms with van der Waals surface area (Å²) in [4.78, 5) is 4.45. The fourth-order valence-electron chi connectivity index (χ4n) is 1.77. The zero-order chi connectivity index (χ0) is 13.3. The molecule has 0 aliphatic carbocycles. The summed E-state index contributed by atoms with van der Waals surface area (Å²) in [7, 11) is 0. The minimum atomic E-state index is 0.405. The second kappa shape index (κ2) is 5.08. The first-order valence-electron chi connectivity index (χ1n) is 5.62. The average molecular weight is 285 g/mol. The van der Waals surface area contributed by atoms with Gasteiger partial charge in [-0.25, -0.2) is 9.66 Å². The van der Waals surface area contributed by atoms with Crippen molar-refractivity contribution in [3.05, 3.63) is 34.1 Å². The van der Waals surface area contributed by atoms with Crippen LogP contribution >= 0.6 is 23.2 Å². The number of anilines is 1. The SMILES string of the molecule is CCCc1nc(-c2ccc(Cl)cc2Cl)c(N)n1N. The molecule has 0 radical (unpaired) electrons. The molecule has 0 atom stereocenters. The maximum Gasteiger partial charge on any atom is 0.150 e. The molecule has 0 saturated heterocycles. The molecule has 0 amide bonds. The Balaban J connectivity index is 2.53. The van der Waals surface area contributed by atoms with E-state index in [1.54, 1.807) is 18.2 Å². The van der Waals surface area contributed by atoms with Crippen molar-refractivity contribution < 1.29 is 0 Å². The second-order valence-electron chi connectivity index (χ2n) is 4.01. The topological polar surface area (TPSA) is 69.9 Å².